The first-order valence-corrected chi connectivity index (χ1v) is 7.40. The van der Waals surface area contributed by atoms with Crippen LogP contribution in [0.3, 0.4) is 0 Å². The van der Waals surface area contributed by atoms with Crippen LogP contribution in [0.2, 0.25) is 0 Å². The fourth-order valence-electron chi connectivity index (χ4n) is 2.52. The summed E-state index contributed by atoms with van der Waals surface area (Å²) in [5, 5.41) is 0. The highest BCUT2D eigenvalue weighted by molar-refractivity contribution is 5.94. The minimum atomic E-state index is 0.0331. The molecule has 114 valence electrons. The molecule has 0 bridgehead atoms. The van der Waals surface area contributed by atoms with Crippen LogP contribution in [0, 0.1) is 6.92 Å². The van der Waals surface area contributed by atoms with E-state index in [1.165, 1.54) is 0 Å². The number of rotatable bonds is 5. The summed E-state index contributed by atoms with van der Waals surface area (Å²) in [5.74, 6) is 0.646. The lowest BCUT2D eigenvalue weighted by atomic mass is 10.1. The van der Waals surface area contributed by atoms with E-state index in [0.29, 0.717) is 24.0 Å². The Labute approximate surface area is 130 Å². The molecule has 1 aliphatic carbocycles. The molecule has 3 rings (SSSR count). The van der Waals surface area contributed by atoms with Crippen LogP contribution in [0.4, 0.5) is 0 Å². The minimum Gasteiger partial charge on any atom is -0.481 e. The molecule has 1 saturated carbocycles. The molecule has 1 amide bonds. The number of ether oxygens (including phenoxy) is 1. The van der Waals surface area contributed by atoms with Crippen LogP contribution in [0.1, 0.15) is 34.3 Å². The number of carbonyl (C=O) groups excluding carboxylic acids is 1. The van der Waals surface area contributed by atoms with Crippen molar-refractivity contribution < 1.29 is 9.53 Å². The van der Waals surface area contributed by atoms with E-state index < -0.39 is 0 Å². The summed E-state index contributed by atoms with van der Waals surface area (Å²) in [5.41, 5.74) is 2.68. The van der Waals surface area contributed by atoms with E-state index in [2.05, 4.69) is 9.97 Å². The standard InChI is InChI=1S/C17H19N3O2/c1-12-14(7-9-19-16(12)22-2)11-20(15-5-6-15)17(21)13-4-3-8-18-10-13/h3-4,7-10,15H,5-6,11H2,1-2H3. The Morgan fingerprint density at radius 1 is 1.36 bits per heavy atom. The van der Waals surface area contributed by atoms with E-state index >= 15 is 0 Å². The molecule has 2 aromatic heterocycles. The van der Waals surface area contributed by atoms with Crippen molar-refractivity contribution in [3.63, 3.8) is 0 Å². The third-order valence-corrected chi connectivity index (χ3v) is 3.96. The third-order valence-electron chi connectivity index (χ3n) is 3.96. The van der Waals surface area contributed by atoms with Gasteiger partial charge in [0.15, 0.2) is 0 Å². The van der Waals surface area contributed by atoms with Gasteiger partial charge in [-0.2, -0.15) is 0 Å². The molecule has 0 N–H and O–H groups in total. The van der Waals surface area contributed by atoms with Crippen LogP contribution in [-0.4, -0.2) is 33.9 Å². The largest absolute Gasteiger partial charge is 0.481 e. The second-order valence-corrected chi connectivity index (χ2v) is 5.51. The summed E-state index contributed by atoms with van der Waals surface area (Å²) in [6.07, 6.45) is 7.15. The van der Waals surface area contributed by atoms with Gasteiger partial charge in [0.2, 0.25) is 5.88 Å². The molecule has 0 radical (unpaired) electrons. The van der Waals surface area contributed by atoms with Crippen LogP contribution in [-0.2, 0) is 6.54 Å². The zero-order chi connectivity index (χ0) is 15.5. The number of pyridine rings is 2. The lowest BCUT2D eigenvalue weighted by molar-refractivity contribution is 0.0729. The Morgan fingerprint density at radius 3 is 2.82 bits per heavy atom. The van der Waals surface area contributed by atoms with Crippen molar-refractivity contribution in [1.29, 1.82) is 0 Å². The summed E-state index contributed by atoms with van der Waals surface area (Å²) in [6, 6.07) is 5.87. The predicted molar refractivity (Wildman–Crippen MR) is 82.7 cm³/mol. The molecule has 0 saturated heterocycles. The first kappa shape index (κ1) is 14.5. The van der Waals surface area contributed by atoms with E-state index in [-0.39, 0.29) is 5.91 Å². The van der Waals surface area contributed by atoms with Gasteiger partial charge in [0.1, 0.15) is 0 Å². The van der Waals surface area contributed by atoms with Crippen molar-refractivity contribution in [2.75, 3.05) is 7.11 Å². The van der Waals surface area contributed by atoms with Crippen molar-refractivity contribution in [3.8, 4) is 5.88 Å². The Balaban J connectivity index is 1.86. The maximum absolute atomic E-state index is 12.7. The normalized spacial score (nSPS) is 13.7. The Hall–Kier alpha value is -2.43. The summed E-state index contributed by atoms with van der Waals surface area (Å²) in [4.78, 5) is 22.9. The van der Waals surface area contributed by atoms with Crippen LogP contribution >= 0.6 is 0 Å². The average molecular weight is 297 g/mol. The lowest BCUT2D eigenvalue weighted by Crippen LogP contribution is -2.33. The molecular formula is C17H19N3O2. The average Bonchev–Trinajstić information content (AvgIpc) is 3.39. The third kappa shape index (κ3) is 2.93. The highest BCUT2D eigenvalue weighted by Crippen LogP contribution is 2.31. The first-order chi connectivity index (χ1) is 10.7. The van der Waals surface area contributed by atoms with Gasteiger partial charge in [0.05, 0.1) is 12.7 Å². The molecule has 1 aliphatic rings. The summed E-state index contributed by atoms with van der Waals surface area (Å²) in [7, 11) is 1.61. The Bertz CT molecular complexity index is 669. The summed E-state index contributed by atoms with van der Waals surface area (Å²) < 4.78 is 5.26. The lowest BCUT2D eigenvalue weighted by Gasteiger charge is -2.23. The summed E-state index contributed by atoms with van der Waals surface area (Å²) >= 11 is 0. The highest BCUT2D eigenvalue weighted by Gasteiger charge is 2.33. The monoisotopic (exact) mass is 297 g/mol. The molecule has 22 heavy (non-hydrogen) atoms. The number of hydrogen-bond donors (Lipinski definition) is 0. The van der Waals surface area contributed by atoms with Crippen LogP contribution in [0.25, 0.3) is 0 Å². The highest BCUT2D eigenvalue weighted by atomic mass is 16.5. The molecule has 0 unspecified atom stereocenters. The molecule has 5 heteroatoms. The van der Waals surface area contributed by atoms with Crippen molar-refractivity contribution >= 4 is 5.91 Å². The number of amides is 1. The molecule has 2 heterocycles. The minimum absolute atomic E-state index is 0.0331. The SMILES string of the molecule is COc1nccc(CN(C(=O)c2cccnc2)C2CC2)c1C. The number of aromatic nitrogens is 2. The Morgan fingerprint density at radius 2 is 2.18 bits per heavy atom. The number of hydrogen-bond acceptors (Lipinski definition) is 4. The van der Waals surface area contributed by atoms with Gasteiger partial charge >= 0.3 is 0 Å². The van der Waals surface area contributed by atoms with Crippen LogP contribution in [0.5, 0.6) is 5.88 Å². The van der Waals surface area contributed by atoms with E-state index in [1.807, 2.05) is 24.0 Å². The number of methoxy groups -OCH3 is 1. The maximum Gasteiger partial charge on any atom is 0.255 e. The molecule has 0 aliphatic heterocycles. The topological polar surface area (TPSA) is 55.3 Å². The molecular weight excluding hydrogens is 278 g/mol. The second kappa shape index (κ2) is 6.13. The smallest absolute Gasteiger partial charge is 0.255 e. The Kier molecular flexibility index (Phi) is 4.04. The zero-order valence-corrected chi connectivity index (χ0v) is 12.8. The fraction of sp³-hybridized carbons (Fsp3) is 0.353. The number of nitrogens with zero attached hydrogens (tertiary/aromatic N) is 3. The van der Waals surface area contributed by atoms with Gasteiger partial charge in [-0.3, -0.25) is 9.78 Å². The van der Waals surface area contributed by atoms with E-state index in [9.17, 15) is 4.79 Å². The van der Waals surface area contributed by atoms with Crippen molar-refractivity contribution in [1.82, 2.24) is 14.9 Å². The quantitative estimate of drug-likeness (QED) is 0.851. The molecule has 1 fully saturated rings. The first-order valence-electron chi connectivity index (χ1n) is 7.40. The van der Waals surface area contributed by atoms with Gasteiger partial charge in [0, 0.05) is 36.7 Å². The predicted octanol–water partition coefficient (Wildman–Crippen LogP) is 2.60. The van der Waals surface area contributed by atoms with Gasteiger partial charge in [-0.25, -0.2) is 4.98 Å². The van der Waals surface area contributed by atoms with Gasteiger partial charge in [0.25, 0.3) is 5.91 Å². The summed E-state index contributed by atoms with van der Waals surface area (Å²) in [6.45, 7) is 2.55. The van der Waals surface area contributed by atoms with Crippen molar-refractivity contribution in [2.45, 2.75) is 32.4 Å². The van der Waals surface area contributed by atoms with E-state index in [0.717, 1.165) is 24.0 Å². The van der Waals surface area contributed by atoms with E-state index in [1.54, 1.807) is 31.8 Å². The number of carbonyl (C=O) groups is 1. The van der Waals surface area contributed by atoms with Crippen LogP contribution in [0.15, 0.2) is 36.8 Å². The van der Waals surface area contributed by atoms with Gasteiger partial charge in [-0.15, -0.1) is 0 Å². The zero-order valence-electron chi connectivity index (χ0n) is 12.8. The van der Waals surface area contributed by atoms with Crippen molar-refractivity contribution in [2.24, 2.45) is 0 Å². The molecule has 5 nitrogen and oxygen atoms in total. The van der Waals surface area contributed by atoms with Gasteiger partial charge in [-0.1, -0.05) is 0 Å². The van der Waals surface area contributed by atoms with Gasteiger partial charge < -0.3 is 9.64 Å². The fourth-order valence-corrected chi connectivity index (χ4v) is 2.52. The van der Waals surface area contributed by atoms with Gasteiger partial charge in [-0.05, 0) is 43.5 Å². The molecule has 0 spiro atoms. The second-order valence-electron chi connectivity index (χ2n) is 5.51. The van der Waals surface area contributed by atoms with Crippen LogP contribution < -0.4 is 4.74 Å². The van der Waals surface area contributed by atoms with E-state index in [4.69, 9.17) is 4.74 Å². The molecule has 0 atom stereocenters. The van der Waals surface area contributed by atoms with Crippen molar-refractivity contribution in [3.05, 3.63) is 53.5 Å². The maximum atomic E-state index is 12.7. The molecule has 2 aromatic rings. The molecule has 0 aromatic carbocycles.